The van der Waals surface area contributed by atoms with Crippen LogP contribution >= 0.6 is 11.8 Å². The van der Waals surface area contributed by atoms with Gasteiger partial charge in [-0.05, 0) is 35.5 Å². The molecule has 0 aliphatic rings. The third kappa shape index (κ3) is 4.35. The molecule has 1 amide bonds. The molecule has 0 saturated heterocycles. The predicted octanol–water partition coefficient (Wildman–Crippen LogP) is 1.20. The van der Waals surface area contributed by atoms with Crippen molar-refractivity contribution in [1.82, 2.24) is 25.5 Å². The summed E-state index contributed by atoms with van der Waals surface area (Å²) in [6.07, 6.45) is 0. The number of rotatable bonds is 7. The van der Waals surface area contributed by atoms with Crippen molar-refractivity contribution in [2.45, 2.75) is 18.1 Å². The fourth-order valence-electron chi connectivity index (χ4n) is 2.01. The fraction of sp³-hybridized carbons (Fsp3) is 0.429. The standard InChI is InChI=1S/C14H19N5O3S/c1-9(11-7-10(21-3)5-6-12(11)22-4)15-13(20)8-23-14-16-17-18-19(14)2/h5-7,9H,8H2,1-4H3,(H,15,20)/t9-/m1/s1. The van der Waals surface area contributed by atoms with Gasteiger partial charge >= 0.3 is 0 Å². The lowest BCUT2D eigenvalue weighted by molar-refractivity contribution is -0.119. The van der Waals surface area contributed by atoms with E-state index < -0.39 is 0 Å². The van der Waals surface area contributed by atoms with E-state index in [1.807, 2.05) is 25.1 Å². The number of aromatic nitrogens is 4. The maximum Gasteiger partial charge on any atom is 0.230 e. The molecular formula is C14H19N5O3S. The summed E-state index contributed by atoms with van der Waals surface area (Å²) in [5.41, 5.74) is 0.852. The van der Waals surface area contributed by atoms with Crippen LogP contribution in [-0.2, 0) is 11.8 Å². The van der Waals surface area contributed by atoms with E-state index in [1.165, 1.54) is 16.4 Å². The molecule has 0 radical (unpaired) electrons. The third-order valence-corrected chi connectivity index (χ3v) is 4.21. The largest absolute Gasteiger partial charge is 0.497 e. The second kappa shape index (κ2) is 7.82. The van der Waals surface area contributed by atoms with E-state index >= 15 is 0 Å². The molecule has 8 nitrogen and oxygen atoms in total. The summed E-state index contributed by atoms with van der Waals surface area (Å²) in [6.45, 7) is 1.89. The van der Waals surface area contributed by atoms with Gasteiger partial charge in [-0.1, -0.05) is 11.8 Å². The number of amides is 1. The van der Waals surface area contributed by atoms with Crippen LogP contribution in [0.3, 0.4) is 0 Å². The second-order valence-electron chi connectivity index (χ2n) is 4.77. The summed E-state index contributed by atoms with van der Waals surface area (Å²) in [5.74, 6) is 1.52. The SMILES string of the molecule is COc1ccc(OC)c([C@@H](C)NC(=O)CSc2nnnn2C)c1. The minimum Gasteiger partial charge on any atom is -0.497 e. The van der Waals surface area contributed by atoms with Gasteiger partial charge in [-0.2, -0.15) is 0 Å². The van der Waals surface area contributed by atoms with Gasteiger partial charge in [0.2, 0.25) is 11.1 Å². The van der Waals surface area contributed by atoms with Crippen molar-refractivity contribution in [1.29, 1.82) is 0 Å². The summed E-state index contributed by atoms with van der Waals surface area (Å²) < 4.78 is 12.1. The van der Waals surface area contributed by atoms with Crippen LogP contribution in [0.25, 0.3) is 0 Å². The molecule has 2 rings (SSSR count). The number of aryl methyl sites for hydroxylation is 1. The van der Waals surface area contributed by atoms with Crippen LogP contribution < -0.4 is 14.8 Å². The zero-order valence-corrected chi connectivity index (χ0v) is 14.3. The molecule has 0 fully saturated rings. The zero-order valence-electron chi connectivity index (χ0n) is 13.4. The van der Waals surface area contributed by atoms with Gasteiger partial charge < -0.3 is 14.8 Å². The van der Waals surface area contributed by atoms with E-state index in [9.17, 15) is 4.79 Å². The number of hydrogen-bond acceptors (Lipinski definition) is 7. The van der Waals surface area contributed by atoms with Crippen molar-refractivity contribution in [2.24, 2.45) is 7.05 Å². The lowest BCUT2D eigenvalue weighted by Gasteiger charge is -2.18. The maximum absolute atomic E-state index is 12.1. The highest BCUT2D eigenvalue weighted by Crippen LogP contribution is 2.29. The Morgan fingerprint density at radius 3 is 2.78 bits per heavy atom. The molecular weight excluding hydrogens is 318 g/mol. The average molecular weight is 337 g/mol. The van der Waals surface area contributed by atoms with Crippen LogP contribution in [-0.4, -0.2) is 46.1 Å². The van der Waals surface area contributed by atoms with Crippen LogP contribution in [0.4, 0.5) is 0 Å². The van der Waals surface area contributed by atoms with Crippen LogP contribution in [0, 0.1) is 0 Å². The molecule has 2 aromatic rings. The lowest BCUT2D eigenvalue weighted by atomic mass is 10.1. The van der Waals surface area contributed by atoms with Crippen LogP contribution in [0.5, 0.6) is 11.5 Å². The van der Waals surface area contributed by atoms with E-state index in [4.69, 9.17) is 9.47 Å². The Hall–Kier alpha value is -2.29. The molecule has 0 aliphatic carbocycles. The van der Waals surface area contributed by atoms with Gasteiger partial charge in [-0.3, -0.25) is 4.79 Å². The molecule has 0 saturated carbocycles. The molecule has 1 atom stereocenters. The molecule has 23 heavy (non-hydrogen) atoms. The van der Waals surface area contributed by atoms with Gasteiger partial charge in [0.1, 0.15) is 11.5 Å². The topological polar surface area (TPSA) is 91.2 Å². The van der Waals surface area contributed by atoms with Crippen molar-refractivity contribution in [3.8, 4) is 11.5 Å². The molecule has 1 aromatic heterocycles. The molecule has 1 N–H and O–H groups in total. The van der Waals surface area contributed by atoms with Crippen molar-refractivity contribution in [2.75, 3.05) is 20.0 Å². The Bertz CT molecular complexity index is 676. The molecule has 0 spiro atoms. The normalized spacial score (nSPS) is 11.8. The average Bonchev–Trinajstić information content (AvgIpc) is 2.97. The smallest absolute Gasteiger partial charge is 0.230 e. The monoisotopic (exact) mass is 337 g/mol. The van der Waals surface area contributed by atoms with Crippen LogP contribution in [0.1, 0.15) is 18.5 Å². The molecule has 0 unspecified atom stereocenters. The number of tetrazole rings is 1. The third-order valence-electron chi connectivity index (χ3n) is 3.19. The van der Waals surface area contributed by atoms with Crippen molar-refractivity contribution in [3.05, 3.63) is 23.8 Å². The number of methoxy groups -OCH3 is 2. The number of nitrogens with zero attached hydrogens (tertiary/aromatic N) is 4. The number of nitrogens with one attached hydrogen (secondary N) is 1. The van der Waals surface area contributed by atoms with E-state index in [2.05, 4.69) is 20.8 Å². The highest BCUT2D eigenvalue weighted by molar-refractivity contribution is 7.99. The molecule has 124 valence electrons. The summed E-state index contributed by atoms with van der Waals surface area (Å²) in [5, 5.41) is 14.6. The Morgan fingerprint density at radius 1 is 1.39 bits per heavy atom. The first-order chi connectivity index (χ1) is 11.0. The number of benzene rings is 1. The highest BCUT2D eigenvalue weighted by atomic mass is 32.2. The van der Waals surface area contributed by atoms with E-state index in [0.29, 0.717) is 16.7 Å². The summed E-state index contributed by atoms with van der Waals surface area (Å²) in [6, 6.07) is 5.26. The number of thioether (sulfide) groups is 1. The van der Waals surface area contributed by atoms with Gasteiger partial charge in [-0.25, -0.2) is 4.68 Å². The van der Waals surface area contributed by atoms with Crippen molar-refractivity contribution >= 4 is 17.7 Å². The van der Waals surface area contributed by atoms with E-state index in [-0.39, 0.29) is 17.7 Å². The highest BCUT2D eigenvalue weighted by Gasteiger charge is 2.16. The zero-order chi connectivity index (χ0) is 16.8. The Morgan fingerprint density at radius 2 is 2.17 bits per heavy atom. The summed E-state index contributed by atoms with van der Waals surface area (Å²) >= 11 is 1.28. The van der Waals surface area contributed by atoms with Gasteiger partial charge in [0.05, 0.1) is 26.0 Å². The van der Waals surface area contributed by atoms with E-state index in [0.717, 1.165) is 5.56 Å². The first kappa shape index (κ1) is 17.1. The predicted molar refractivity (Wildman–Crippen MR) is 85.6 cm³/mol. The number of carbonyl (C=O) groups excluding carboxylic acids is 1. The van der Waals surface area contributed by atoms with Crippen LogP contribution in [0.15, 0.2) is 23.4 Å². The number of hydrogen-bond donors (Lipinski definition) is 1. The summed E-state index contributed by atoms with van der Waals surface area (Å²) in [4.78, 5) is 12.1. The molecule has 0 aliphatic heterocycles. The van der Waals surface area contributed by atoms with Gasteiger partial charge in [0, 0.05) is 12.6 Å². The van der Waals surface area contributed by atoms with Crippen LogP contribution in [0.2, 0.25) is 0 Å². The lowest BCUT2D eigenvalue weighted by Crippen LogP contribution is -2.28. The fourth-order valence-corrected chi connectivity index (χ4v) is 2.67. The number of ether oxygens (including phenoxy) is 2. The maximum atomic E-state index is 12.1. The minimum atomic E-state index is -0.217. The molecule has 9 heteroatoms. The first-order valence-electron chi connectivity index (χ1n) is 6.91. The quantitative estimate of drug-likeness (QED) is 0.759. The van der Waals surface area contributed by atoms with Crippen molar-refractivity contribution < 1.29 is 14.3 Å². The molecule has 0 bridgehead atoms. The van der Waals surface area contributed by atoms with Gasteiger partial charge in [-0.15, -0.1) is 5.10 Å². The van der Waals surface area contributed by atoms with E-state index in [1.54, 1.807) is 21.3 Å². The molecule has 1 heterocycles. The Labute approximate surface area is 138 Å². The second-order valence-corrected chi connectivity index (χ2v) is 5.71. The molecule has 1 aromatic carbocycles. The van der Waals surface area contributed by atoms with Gasteiger partial charge in [0.25, 0.3) is 0 Å². The van der Waals surface area contributed by atoms with Crippen molar-refractivity contribution in [3.63, 3.8) is 0 Å². The Kier molecular flexibility index (Phi) is 5.80. The minimum absolute atomic E-state index is 0.115. The number of carbonyl (C=O) groups is 1. The van der Waals surface area contributed by atoms with Gasteiger partial charge in [0.15, 0.2) is 0 Å². The summed E-state index contributed by atoms with van der Waals surface area (Å²) in [7, 11) is 4.92. The Balaban J connectivity index is 1.99. The first-order valence-corrected chi connectivity index (χ1v) is 7.90.